The Bertz CT molecular complexity index is 2350. The molecule has 0 nitrogen and oxygen atoms in total. The van der Waals surface area contributed by atoms with E-state index in [1.807, 2.05) is 36.4 Å². The molecule has 0 saturated heterocycles. The summed E-state index contributed by atoms with van der Waals surface area (Å²) in [6, 6.07) is 62.5. The first-order valence-corrected chi connectivity index (χ1v) is 32.1. The molecule has 0 bridgehead atoms. The molecule has 366 valence electrons. The summed E-state index contributed by atoms with van der Waals surface area (Å²) in [6.45, 7) is 0. The molecule has 0 atom stereocenters. The first kappa shape index (κ1) is 56.9. The summed E-state index contributed by atoms with van der Waals surface area (Å²) in [7, 11) is 0. The number of rotatable bonds is 24. The van der Waals surface area contributed by atoms with Gasteiger partial charge in [-0.25, -0.2) is 0 Å². The number of hydrogen-bond donors (Lipinski definition) is 0. The Morgan fingerprint density at radius 2 is 0.333 bits per heavy atom. The fraction of sp³-hybridized carbons (Fsp3) is 0.200. The lowest BCUT2D eigenvalue weighted by atomic mass is 9.81. The lowest BCUT2D eigenvalue weighted by Crippen LogP contribution is -2.18. The van der Waals surface area contributed by atoms with Gasteiger partial charge in [0.15, 0.2) is 0 Å². The zero-order chi connectivity index (χ0) is 50.3. The maximum absolute atomic E-state index is 6.10. The molecule has 0 heterocycles. The largest absolute Gasteiger partial charge is 0.114 e. The Hall–Kier alpha value is -2.82. The summed E-state index contributed by atoms with van der Waals surface area (Å²) in [5, 5.41) is 0. The van der Waals surface area contributed by atoms with Crippen molar-refractivity contribution in [1.82, 2.24) is 0 Å². The van der Waals surface area contributed by atoms with Crippen molar-refractivity contribution in [1.29, 1.82) is 0 Å². The molecular weight excluding hydrogens is 1110 g/mol. The van der Waals surface area contributed by atoms with Crippen LogP contribution in [-0.2, 0) is 38.5 Å². The summed E-state index contributed by atoms with van der Waals surface area (Å²) in [5.74, 6) is 5.15. The predicted octanol–water partition coefficient (Wildman–Crippen LogP) is 17.6. The highest BCUT2D eigenvalue weighted by Gasteiger charge is 2.25. The van der Waals surface area contributed by atoms with Crippen LogP contribution >= 0.6 is 144 Å². The van der Waals surface area contributed by atoms with Gasteiger partial charge in [0.2, 0.25) is 0 Å². The van der Waals surface area contributed by atoms with Crippen LogP contribution in [0.2, 0.25) is 0 Å². The van der Waals surface area contributed by atoms with Crippen LogP contribution in [0.3, 0.4) is 0 Å². The van der Waals surface area contributed by atoms with Gasteiger partial charge in [-0.15, -0.1) is 70.6 Å². The third-order valence-corrected chi connectivity index (χ3v) is 20.7. The summed E-state index contributed by atoms with van der Waals surface area (Å²) in [5.41, 5.74) is 15.2. The molecule has 0 amide bonds. The molecule has 12 heteroatoms. The van der Waals surface area contributed by atoms with Crippen molar-refractivity contribution in [3.8, 4) is 0 Å². The van der Waals surface area contributed by atoms with E-state index in [1.54, 1.807) is 70.6 Å². The molecule has 0 radical (unpaired) electrons. The maximum atomic E-state index is 6.10. The minimum absolute atomic E-state index is 0.859. The topological polar surface area (TPSA) is 0 Å². The number of hydrogen-bond acceptors (Lipinski definition) is 12. The van der Waals surface area contributed by atoms with Crippen molar-refractivity contribution in [2.24, 2.45) is 0 Å². The van der Waals surface area contributed by atoms with E-state index in [9.17, 15) is 0 Å². The van der Waals surface area contributed by atoms with Crippen molar-refractivity contribution in [2.75, 3.05) is 34.5 Å². The monoisotopic (exact) mass is 1160 g/mol. The molecule has 7 rings (SSSR count). The van der Waals surface area contributed by atoms with Gasteiger partial charge in [-0.2, -0.15) is 0 Å². The van der Waals surface area contributed by atoms with Crippen LogP contribution in [0.15, 0.2) is 182 Å². The van der Waals surface area contributed by atoms with E-state index < -0.39 is 0 Å². The molecule has 7 aromatic rings. The predicted molar refractivity (Wildman–Crippen MR) is 352 cm³/mol. The number of benzene rings is 7. The van der Waals surface area contributed by atoms with Gasteiger partial charge in [0, 0.05) is 34.5 Å². The van der Waals surface area contributed by atoms with E-state index in [0.29, 0.717) is 0 Å². The summed E-state index contributed by atoms with van der Waals surface area (Å²) in [6.07, 6.45) is 5.26. The van der Waals surface area contributed by atoms with Crippen LogP contribution in [0.4, 0.5) is 0 Å². The maximum Gasteiger partial charge on any atom is 0.0778 e. The fourth-order valence-electron chi connectivity index (χ4n) is 8.32. The molecule has 0 aliphatic carbocycles. The normalized spacial score (nSPS) is 11.0. The Morgan fingerprint density at radius 1 is 0.208 bits per heavy atom. The average molecular weight is 1160 g/mol. The molecule has 0 aliphatic rings. The number of thioether (sulfide) groups is 6. The minimum Gasteiger partial charge on any atom is -0.114 e. The zero-order valence-electron chi connectivity index (χ0n) is 39.7. The van der Waals surface area contributed by atoms with Gasteiger partial charge in [-0.05, 0) is 105 Å². The van der Waals surface area contributed by atoms with E-state index >= 15 is 0 Å². The molecule has 0 aliphatic heterocycles. The van der Waals surface area contributed by atoms with Crippen LogP contribution in [0, 0.1) is 0 Å². The fourth-order valence-corrected chi connectivity index (χ4v) is 15.4. The molecule has 72 heavy (non-hydrogen) atoms. The summed E-state index contributed by atoms with van der Waals surface area (Å²) >= 11 is 47.3. The van der Waals surface area contributed by atoms with Crippen LogP contribution < -0.4 is 0 Å². The first-order valence-electron chi connectivity index (χ1n) is 23.8. The highest BCUT2D eigenvalue weighted by molar-refractivity contribution is 8.25. The Labute approximate surface area is 485 Å². The van der Waals surface area contributed by atoms with Crippen molar-refractivity contribution >= 4 is 169 Å². The van der Waals surface area contributed by atoms with Gasteiger partial charge in [0.1, 0.15) is 0 Å². The van der Waals surface area contributed by atoms with Gasteiger partial charge in [0.05, 0.1) is 25.2 Å². The third kappa shape index (κ3) is 17.6. The van der Waals surface area contributed by atoms with E-state index in [4.69, 9.17) is 73.3 Å². The van der Waals surface area contributed by atoms with Crippen molar-refractivity contribution in [2.45, 2.75) is 38.5 Å². The zero-order valence-corrected chi connectivity index (χ0v) is 49.5. The van der Waals surface area contributed by atoms with E-state index in [2.05, 4.69) is 146 Å². The lowest BCUT2D eigenvalue weighted by molar-refractivity contribution is 0.890. The second-order valence-corrected chi connectivity index (χ2v) is 27.0. The van der Waals surface area contributed by atoms with Gasteiger partial charge >= 0.3 is 0 Å². The Kier molecular flexibility index (Phi) is 24.7. The first-order chi connectivity index (χ1) is 35.3. The number of thiocarbonyl (C=S) groups is 6. The highest BCUT2D eigenvalue weighted by atomic mass is 32.2. The van der Waals surface area contributed by atoms with E-state index in [0.717, 1.165) is 132 Å². The van der Waals surface area contributed by atoms with Gasteiger partial charge in [-0.3, -0.25) is 0 Å². The second-order valence-electron chi connectivity index (χ2n) is 16.4. The molecule has 0 aromatic heterocycles. The Balaban J connectivity index is 1.34. The SMILES string of the molecule is S=C(SCCc1c(CCSC(=S)c2ccccc2)c(CCSC(=S)c2ccccc2)c(CCSC(=S)c2ccccc2)c(CCSC(=S)c2ccccc2)c1CCSC(=S)c1ccccc1)c1ccccc1. The van der Waals surface area contributed by atoms with Crippen LogP contribution in [0.5, 0.6) is 0 Å². The molecule has 7 aromatic carbocycles. The highest BCUT2D eigenvalue weighted by Crippen LogP contribution is 2.37. The second kappa shape index (κ2) is 31.3. The van der Waals surface area contributed by atoms with E-state index in [1.165, 1.54) is 33.4 Å². The molecule has 0 saturated carbocycles. The quantitative estimate of drug-likeness (QED) is 0.0529. The van der Waals surface area contributed by atoms with Crippen LogP contribution in [0.1, 0.15) is 66.8 Å². The molecular formula is C60H54S12. The van der Waals surface area contributed by atoms with E-state index in [-0.39, 0.29) is 0 Å². The van der Waals surface area contributed by atoms with Crippen LogP contribution in [-0.4, -0.2) is 59.7 Å². The molecule has 0 N–H and O–H groups in total. The van der Waals surface area contributed by atoms with Crippen molar-refractivity contribution in [3.05, 3.63) is 249 Å². The third-order valence-electron chi connectivity index (χ3n) is 11.8. The lowest BCUT2D eigenvalue weighted by Gasteiger charge is -2.28. The van der Waals surface area contributed by atoms with Gasteiger partial charge in [-0.1, -0.05) is 255 Å². The Morgan fingerprint density at radius 3 is 0.458 bits per heavy atom. The van der Waals surface area contributed by atoms with Crippen molar-refractivity contribution in [3.63, 3.8) is 0 Å². The standard InChI is InChI=1S/C60H54S12/c61-55(43-19-7-1-8-20-43)67-37-31-49-50(32-38-68-56(62)44-21-9-2-10-22-44)52(34-40-70-58(64)46-25-13-4-14-26-46)54(36-42-72-60(66)48-29-17-6-18-30-48)53(35-41-71-59(65)47-27-15-5-16-28-47)51(49)33-39-69-57(63)45-23-11-3-12-24-45/h1-30H,31-42H2. The van der Waals surface area contributed by atoms with Crippen molar-refractivity contribution < 1.29 is 0 Å². The summed E-state index contributed by atoms with van der Waals surface area (Å²) < 4.78 is 5.54. The van der Waals surface area contributed by atoms with Crippen LogP contribution in [0.25, 0.3) is 0 Å². The molecule has 0 unspecified atom stereocenters. The summed E-state index contributed by atoms with van der Waals surface area (Å²) in [4.78, 5) is 0. The van der Waals surface area contributed by atoms with Gasteiger partial charge in [0.25, 0.3) is 0 Å². The molecule has 0 spiro atoms. The minimum atomic E-state index is 0.859. The average Bonchev–Trinajstić information content (AvgIpc) is 3.43. The van der Waals surface area contributed by atoms with Gasteiger partial charge < -0.3 is 0 Å². The molecule has 0 fully saturated rings. The smallest absolute Gasteiger partial charge is 0.0778 e.